The van der Waals surface area contributed by atoms with Crippen LogP contribution in [0.3, 0.4) is 0 Å². The summed E-state index contributed by atoms with van der Waals surface area (Å²) in [4.78, 5) is 21.3. The van der Waals surface area contributed by atoms with Crippen LogP contribution in [0.1, 0.15) is 22.8 Å². The van der Waals surface area contributed by atoms with Gasteiger partial charge in [0.05, 0.1) is 29.1 Å². The highest BCUT2D eigenvalue weighted by Gasteiger charge is 2.24. The maximum Gasteiger partial charge on any atom is 0.252 e. The number of nitrogens with two attached hydrogens (primary N) is 1. The smallest absolute Gasteiger partial charge is 0.252 e. The van der Waals surface area contributed by atoms with E-state index in [0.717, 1.165) is 43.2 Å². The van der Waals surface area contributed by atoms with Crippen molar-refractivity contribution < 1.29 is 13.9 Å². The number of hydrogen-bond acceptors (Lipinski definition) is 6. The number of primary amides is 1. The zero-order chi connectivity index (χ0) is 22.8. The van der Waals surface area contributed by atoms with Gasteiger partial charge in [-0.05, 0) is 50.7 Å². The first kappa shape index (κ1) is 21.8. The summed E-state index contributed by atoms with van der Waals surface area (Å²) in [5.74, 6) is -0.309. The predicted molar refractivity (Wildman–Crippen MR) is 126 cm³/mol. The number of hydrogen-bond donors (Lipinski definition) is 2. The summed E-state index contributed by atoms with van der Waals surface area (Å²) >= 11 is 0. The second kappa shape index (κ2) is 9.00. The number of ether oxygens (including phenoxy) is 1. The monoisotopic (exact) mass is 437 g/mol. The van der Waals surface area contributed by atoms with Gasteiger partial charge in [-0.15, -0.1) is 0 Å². The molecule has 0 aliphatic carbocycles. The topological polar surface area (TPSA) is 83.7 Å². The van der Waals surface area contributed by atoms with Crippen molar-refractivity contribution >= 4 is 33.9 Å². The minimum Gasteiger partial charge on any atom is -0.492 e. The molecule has 1 fully saturated rings. The van der Waals surface area contributed by atoms with Gasteiger partial charge in [0.2, 0.25) is 0 Å². The number of nitrogens with one attached hydrogen (secondary N) is 1. The largest absolute Gasteiger partial charge is 0.492 e. The first-order valence-corrected chi connectivity index (χ1v) is 10.7. The lowest BCUT2D eigenvalue weighted by Crippen LogP contribution is -2.44. The van der Waals surface area contributed by atoms with E-state index in [4.69, 9.17) is 10.5 Å². The number of benzene rings is 2. The Morgan fingerprint density at radius 3 is 2.62 bits per heavy atom. The van der Waals surface area contributed by atoms with Crippen molar-refractivity contribution in [2.24, 2.45) is 5.73 Å². The highest BCUT2D eigenvalue weighted by molar-refractivity contribution is 6.10. The van der Waals surface area contributed by atoms with Gasteiger partial charge in [-0.3, -0.25) is 9.78 Å². The van der Waals surface area contributed by atoms with Crippen LogP contribution in [-0.4, -0.2) is 55.6 Å². The standard InChI is InChI=1S/C24H28FN5O2/c1-4-32-20-8-6-16-21(28-19-7-5-15(2)13-18(19)25)17(24(26)31)14-27-22(16)23(20)30-11-9-29(3)10-12-30/h5-8,13-14H,4,9-12H2,1-3H3,(H2,26,31)(H,27,28). The van der Waals surface area contributed by atoms with Gasteiger partial charge in [-0.25, -0.2) is 4.39 Å². The summed E-state index contributed by atoms with van der Waals surface area (Å²) in [7, 11) is 2.10. The third-order valence-electron chi connectivity index (χ3n) is 5.74. The third kappa shape index (κ3) is 4.18. The number of aryl methyl sites for hydroxylation is 1. The second-order valence-electron chi connectivity index (χ2n) is 8.05. The summed E-state index contributed by atoms with van der Waals surface area (Å²) in [6.07, 6.45) is 1.45. The van der Waals surface area contributed by atoms with Crippen molar-refractivity contribution in [1.29, 1.82) is 0 Å². The normalized spacial score (nSPS) is 14.6. The van der Waals surface area contributed by atoms with Crippen LogP contribution in [0.5, 0.6) is 5.75 Å². The first-order valence-electron chi connectivity index (χ1n) is 10.7. The van der Waals surface area contributed by atoms with E-state index in [2.05, 4.69) is 27.1 Å². The van der Waals surface area contributed by atoms with E-state index in [1.807, 2.05) is 32.0 Å². The van der Waals surface area contributed by atoms with Gasteiger partial charge in [0.1, 0.15) is 17.3 Å². The molecule has 1 aromatic heterocycles. The van der Waals surface area contributed by atoms with E-state index in [-0.39, 0.29) is 11.3 Å². The maximum absolute atomic E-state index is 14.6. The molecule has 1 aliphatic rings. The zero-order valence-corrected chi connectivity index (χ0v) is 18.6. The van der Waals surface area contributed by atoms with Crippen molar-refractivity contribution in [2.75, 3.05) is 50.1 Å². The van der Waals surface area contributed by atoms with Gasteiger partial charge < -0.3 is 25.6 Å². The lowest BCUT2D eigenvalue weighted by atomic mass is 10.0. The predicted octanol–water partition coefficient (Wildman–Crippen LogP) is 3.68. The molecule has 0 bridgehead atoms. The van der Waals surface area contributed by atoms with Crippen LogP contribution in [0.4, 0.5) is 21.5 Å². The SMILES string of the molecule is CCOc1ccc2c(Nc3ccc(C)cc3F)c(C(N)=O)cnc2c1N1CCN(C)CC1. The molecule has 2 aromatic carbocycles. The lowest BCUT2D eigenvalue weighted by Gasteiger charge is -2.35. The van der Waals surface area contributed by atoms with Crippen molar-refractivity contribution in [3.05, 3.63) is 53.5 Å². The quantitative estimate of drug-likeness (QED) is 0.612. The molecule has 0 atom stereocenters. The van der Waals surface area contributed by atoms with Crippen molar-refractivity contribution in [3.63, 3.8) is 0 Å². The van der Waals surface area contributed by atoms with Crippen LogP contribution < -0.4 is 20.7 Å². The molecule has 32 heavy (non-hydrogen) atoms. The molecule has 4 rings (SSSR count). The van der Waals surface area contributed by atoms with Crippen LogP contribution in [0, 0.1) is 12.7 Å². The molecule has 3 N–H and O–H groups in total. The zero-order valence-electron chi connectivity index (χ0n) is 18.6. The van der Waals surface area contributed by atoms with E-state index < -0.39 is 11.7 Å². The lowest BCUT2D eigenvalue weighted by molar-refractivity contribution is 0.100. The van der Waals surface area contributed by atoms with E-state index in [0.29, 0.717) is 23.2 Å². The second-order valence-corrected chi connectivity index (χ2v) is 8.05. The van der Waals surface area contributed by atoms with E-state index >= 15 is 0 Å². The molecule has 1 saturated heterocycles. The number of piperazine rings is 1. The minimum absolute atomic E-state index is 0.200. The Morgan fingerprint density at radius 1 is 1.22 bits per heavy atom. The molecular formula is C24H28FN5O2. The first-order chi connectivity index (χ1) is 15.4. The molecule has 168 valence electrons. The van der Waals surface area contributed by atoms with Gasteiger partial charge in [-0.1, -0.05) is 6.07 Å². The Balaban J connectivity index is 1.90. The van der Waals surface area contributed by atoms with Gasteiger partial charge in [-0.2, -0.15) is 0 Å². The molecule has 1 amide bonds. The van der Waals surface area contributed by atoms with Crippen molar-refractivity contribution in [2.45, 2.75) is 13.8 Å². The average Bonchev–Trinajstić information content (AvgIpc) is 2.76. The minimum atomic E-state index is -0.635. The number of pyridine rings is 1. The van der Waals surface area contributed by atoms with E-state index in [1.165, 1.54) is 12.3 Å². The average molecular weight is 438 g/mol. The fourth-order valence-corrected chi connectivity index (χ4v) is 4.02. The summed E-state index contributed by atoms with van der Waals surface area (Å²) in [6.45, 7) is 7.76. The Bertz CT molecular complexity index is 1160. The fraction of sp³-hybridized carbons (Fsp3) is 0.333. The molecule has 0 spiro atoms. The Hall–Kier alpha value is -3.39. The molecular weight excluding hydrogens is 409 g/mol. The van der Waals surface area contributed by atoms with Crippen LogP contribution in [0.25, 0.3) is 10.9 Å². The Morgan fingerprint density at radius 2 is 1.97 bits per heavy atom. The molecule has 3 aromatic rings. The number of likely N-dealkylation sites (N-methyl/N-ethyl adjacent to an activating group) is 1. The maximum atomic E-state index is 14.6. The number of carbonyl (C=O) groups excluding carboxylic acids is 1. The molecule has 0 radical (unpaired) electrons. The number of rotatable bonds is 6. The van der Waals surface area contributed by atoms with Crippen LogP contribution >= 0.6 is 0 Å². The number of carbonyl (C=O) groups is 1. The van der Waals surface area contributed by atoms with Crippen LogP contribution in [0.15, 0.2) is 36.5 Å². The van der Waals surface area contributed by atoms with Gasteiger partial charge in [0.15, 0.2) is 0 Å². The van der Waals surface area contributed by atoms with Crippen molar-refractivity contribution in [1.82, 2.24) is 9.88 Å². The van der Waals surface area contributed by atoms with Crippen molar-refractivity contribution in [3.8, 4) is 5.75 Å². The van der Waals surface area contributed by atoms with Gasteiger partial charge in [0.25, 0.3) is 5.91 Å². The fourth-order valence-electron chi connectivity index (χ4n) is 4.02. The van der Waals surface area contributed by atoms with Crippen LogP contribution in [0.2, 0.25) is 0 Å². The number of fused-ring (bicyclic) bond motifs is 1. The molecule has 7 nitrogen and oxygen atoms in total. The number of anilines is 3. The number of aromatic nitrogens is 1. The van der Waals surface area contributed by atoms with Gasteiger partial charge in [0, 0.05) is 37.8 Å². The highest BCUT2D eigenvalue weighted by atomic mass is 19.1. The van der Waals surface area contributed by atoms with E-state index in [9.17, 15) is 9.18 Å². The summed E-state index contributed by atoms with van der Waals surface area (Å²) in [6, 6.07) is 8.62. The molecule has 1 aliphatic heterocycles. The third-order valence-corrected chi connectivity index (χ3v) is 5.74. The number of halogens is 1. The number of nitrogens with zero attached hydrogens (tertiary/aromatic N) is 3. The van der Waals surface area contributed by atoms with Gasteiger partial charge >= 0.3 is 0 Å². The Labute approximate surface area is 187 Å². The molecule has 2 heterocycles. The molecule has 0 saturated carbocycles. The highest BCUT2D eigenvalue weighted by Crippen LogP contribution is 2.40. The molecule has 0 unspecified atom stereocenters. The van der Waals surface area contributed by atoms with Crippen LogP contribution in [-0.2, 0) is 0 Å². The number of amides is 1. The Kier molecular flexibility index (Phi) is 6.14. The molecule has 8 heteroatoms. The van der Waals surface area contributed by atoms with E-state index in [1.54, 1.807) is 6.07 Å². The summed E-state index contributed by atoms with van der Waals surface area (Å²) in [5, 5.41) is 3.78. The summed E-state index contributed by atoms with van der Waals surface area (Å²) < 4.78 is 20.5. The summed E-state index contributed by atoms with van der Waals surface area (Å²) in [5.41, 5.74) is 8.90.